The van der Waals surface area contributed by atoms with E-state index in [2.05, 4.69) is 17.9 Å². The number of allylic oxidation sites excluding steroid dienone is 3. The maximum absolute atomic E-state index is 11.6. The fourth-order valence-electron chi connectivity index (χ4n) is 3.75. The molecule has 1 aliphatic carbocycles. The summed E-state index contributed by atoms with van der Waals surface area (Å²) in [5.74, 6) is 0.376. The molecule has 0 bridgehead atoms. The van der Waals surface area contributed by atoms with Gasteiger partial charge in [-0.05, 0) is 45.6 Å². The zero-order valence-corrected chi connectivity index (χ0v) is 15.5. The molecule has 2 unspecified atom stereocenters. The second kappa shape index (κ2) is 9.00. The summed E-state index contributed by atoms with van der Waals surface area (Å²) >= 11 is 6.22. The Morgan fingerprint density at radius 2 is 2.09 bits per heavy atom. The van der Waals surface area contributed by atoms with Crippen LogP contribution in [0.3, 0.4) is 0 Å². The number of carbonyl (C=O) groups is 1. The third-order valence-electron chi connectivity index (χ3n) is 5.20. The van der Waals surface area contributed by atoms with E-state index >= 15 is 0 Å². The SMILES string of the molecule is C/C=C(C)\C(CCOC1CCCCC1N1CCC(=O)C1)=C(/C)Cl. The van der Waals surface area contributed by atoms with Gasteiger partial charge in [-0.1, -0.05) is 36.1 Å². The molecule has 0 N–H and O–H groups in total. The van der Waals surface area contributed by atoms with Crippen LogP contribution in [-0.4, -0.2) is 42.5 Å². The number of nitrogens with zero attached hydrogens (tertiary/aromatic N) is 1. The largest absolute Gasteiger partial charge is 0.376 e. The van der Waals surface area contributed by atoms with Gasteiger partial charge in [-0.25, -0.2) is 0 Å². The van der Waals surface area contributed by atoms with Crippen LogP contribution < -0.4 is 0 Å². The highest BCUT2D eigenvalue weighted by Crippen LogP contribution is 2.28. The zero-order chi connectivity index (χ0) is 16.8. The van der Waals surface area contributed by atoms with Gasteiger partial charge in [0, 0.05) is 24.0 Å². The van der Waals surface area contributed by atoms with Gasteiger partial charge in [-0.2, -0.15) is 0 Å². The molecule has 2 rings (SSSR count). The van der Waals surface area contributed by atoms with E-state index in [1.807, 2.05) is 13.8 Å². The average Bonchev–Trinajstić information content (AvgIpc) is 2.97. The number of Topliss-reactive ketones (excluding diaryl/α,β-unsaturated/α-hetero) is 1. The highest BCUT2D eigenvalue weighted by atomic mass is 35.5. The highest BCUT2D eigenvalue weighted by Gasteiger charge is 2.34. The molecule has 3 nitrogen and oxygen atoms in total. The minimum atomic E-state index is 0.262. The van der Waals surface area contributed by atoms with E-state index in [1.165, 1.54) is 24.0 Å². The lowest BCUT2D eigenvalue weighted by Crippen LogP contribution is -2.45. The second-order valence-corrected chi connectivity index (χ2v) is 7.32. The van der Waals surface area contributed by atoms with Crippen LogP contribution in [0, 0.1) is 0 Å². The molecule has 1 aliphatic heterocycles. The van der Waals surface area contributed by atoms with Crippen molar-refractivity contribution in [3.05, 3.63) is 22.3 Å². The Bertz CT molecular complexity index is 480. The summed E-state index contributed by atoms with van der Waals surface area (Å²) in [5, 5.41) is 0.856. The molecule has 1 saturated carbocycles. The lowest BCUT2D eigenvalue weighted by Gasteiger charge is -2.37. The average molecular weight is 340 g/mol. The normalized spacial score (nSPS) is 28.2. The fourth-order valence-corrected chi connectivity index (χ4v) is 4.00. The van der Waals surface area contributed by atoms with Crippen LogP contribution in [0.15, 0.2) is 22.3 Å². The van der Waals surface area contributed by atoms with Gasteiger partial charge in [-0.3, -0.25) is 9.69 Å². The van der Waals surface area contributed by atoms with E-state index in [0.29, 0.717) is 31.4 Å². The van der Waals surface area contributed by atoms with Gasteiger partial charge in [0.05, 0.1) is 19.3 Å². The molecule has 0 spiro atoms. The highest BCUT2D eigenvalue weighted by molar-refractivity contribution is 6.29. The molecule has 0 radical (unpaired) electrons. The van der Waals surface area contributed by atoms with Crippen molar-refractivity contribution in [2.45, 2.75) is 71.4 Å². The van der Waals surface area contributed by atoms with Crippen molar-refractivity contribution >= 4 is 17.4 Å². The van der Waals surface area contributed by atoms with Crippen molar-refractivity contribution in [3.63, 3.8) is 0 Å². The van der Waals surface area contributed by atoms with Crippen molar-refractivity contribution in [3.8, 4) is 0 Å². The van der Waals surface area contributed by atoms with E-state index in [4.69, 9.17) is 16.3 Å². The van der Waals surface area contributed by atoms with Crippen LogP contribution in [0.4, 0.5) is 0 Å². The summed E-state index contributed by atoms with van der Waals surface area (Å²) in [6.45, 7) is 8.32. The van der Waals surface area contributed by atoms with E-state index in [1.54, 1.807) is 0 Å². The summed E-state index contributed by atoms with van der Waals surface area (Å²) in [5.41, 5.74) is 2.42. The Morgan fingerprint density at radius 1 is 1.35 bits per heavy atom. The smallest absolute Gasteiger partial charge is 0.148 e. The summed E-state index contributed by atoms with van der Waals surface area (Å²) in [4.78, 5) is 13.9. The number of halogens is 1. The van der Waals surface area contributed by atoms with Crippen LogP contribution in [0.5, 0.6) is 0 Å². The van der Waals surface area contributed by atoms with Gasteiger partial charge in [0.25, 0.3) is 0 Å². The monoisotopic (exact) mass is 339 g/mol. The molecule has 1 heterocycles. The van der Waals surface area contributed by atoms with Crippen LogP contribution in [0.1, 0.15) is 59.3 Å². The minimum absolute atomic E-state index is 0.262. The van der Waals surface area contributed by atoms with Crippen molar-refractivity contribution in [1.29, 1.82) is 0 Å². The molecule has 0 aromatic rings. The molecular formula is C19H30ClNO2. The molecule has 2 fully saturated rings. The van der Waals surface area contributed by atoms with Gasteiger partial charge in [0.2, 0.25) is 0 Å². The predicted molar refractivity (Wildman–Crippen MR) is 95.8 cm³/mol. The molecule has 1 saturated heterocycles. The number of likely N-dealkylation sites (tertiary alicyclic amines) is 1. The van der Waals surface area contributed by atoms with Crippen LogP contribution in [0.25, 0.3) is 0 Å². The second-order valence-electron chi connectivity index (χ2n) is 6.75. The molecule has 0 aromatic heterocycles. The Balaban J connectivity index is 1.90. The van der Waals surface area contributed by atoms with E-state index in [9.17, 15) is 4.79 Å². The number of hydrogen-bond donors (Lipinski definition) is 0. The van der Waals surface area contributed by atoms with Crippen LogP contribution >= 0.6 is 11.6 Å². The Morgan fingerprint density at radius 3 is 2.70 bits per heavy atom. The predicted octanol–water partition coefficient (Wildman–Crippen LogP) is 4.46. The van der Waals surface area contributed by atoms with E-state index in [-0.39, 0.29) is 6.10 Å². The number of ketones is 1. The molecule has 2 atom stereocenters. The number of ether oxygens (including phenoxy) is 1. The van der Waals surface area contributed by atoms with Gasteiger partial charge in [-0.15, -0.1) is 0 Å². The lowest BCUT2D eigenvalue weighted by molar-refractivity contribution is -0.117. The van der Waals surface area contributed by atoms with Crippen molar-refractivity contribution in [2.75, 3.05) is 19.7 Å². The molecule has 4 heteroatoms. The Labute approximate surface area is 145 Å². The first kappa shape index (κ1) is 18.7. The molecule has 130 valence electrons. The van der Waals surface area contributed by atoms with Gasteiger partial charge in [0.15, 0.2) is 0 Å². The first-order valence-corrected chi connectivity index (χ1v) is 9.26. The first-order valence-electron chi connectivity index (χ1n) is 8.88. The van der Waals surface area contributed by atoms with Crippen molar-refractivity contribution in [2.24, 2.45) is 0 Å². The zero-order valence-electron chi connectivity index (χ0n) is 14.7. The van der Waals surface area contributed by atoms with Crippen molar-refractivity contribution in [1.82, 2.24) is 4.90 Å². The Hall–Kier alpha value is -0.640. The molecule has 0 amide bonds. The fraction of sp³-hybridized carbons (Fsp3) is 0.737. The van der Waals surface area contributed by atoms with E-state index < -0.39 is 0 Å². The van der Waals surface area contributed by atoms with Gasteiger partial charge in [0.1, 0.15) is 5.78 Å². The maximum Gasteiger partial charge on any atom is 0.148 e. The third-order valence-corrected chi connectivity index (χ3v) is 5.43. The van der Waals surface area contributed by atoms with Crippen LogP contribution in [-0.2, 0) is 9.53 Å². The third kappa shape index (κ3) is 5.17. The van der Waals surface area contributed by atoms with E-state index in [0.717, 1.165) is 30.8 Å². The first-order chi connectivity index (χ1) is 11.0. The number of hydrogen-bond acceptors (Lipinski definition) is 3. The summed E-state index contributed by atoms with van der Waals surface area (Å²) in [7, 11) is 0. The summed E-state index contributed by atoms with van der Waals surface area (Å²) in [6, 6.07) is 0.419. The topological polar surface area (TPSA) is 29.5 Å². The lowest BCUT2D eigenvalue weighted by atomic mass is 9.91. The maximum atomic E-state index is 11.6. The molecular weight excluding hydrogens is 310 g/mol. The molecule has 2 aliphatic rings. The summed E-state index contributed by atoms with van der Waals surface area (Å²) < 4.78 is 6.25. The number of rotatable bonds is 6. The quantitative estimate of drug-likeness (QED) is 0.669. The Kier molecular flexibility index (Phi) is 7.32. The molecule has 0 aromatic carbocycles. The van der Waals surface area contributed by atoms with Gasteiger partial charge >= 0.3 is 0 Å². The molecule has 23 heavy (non-hydrogen) atoms. The summed E-state index contributed by atoms with van der Waals surface area (Å²) in [6.07, 6.45) is 8.67. The van der Waals surface area contributed by atoms with Gasteiger partial charge < -0.3 is 4.74 Å². The van der Waals surface area contributed by atoms with Crippen LogP contribution in [0.2, 0.25) is 0 Å². The number of carbonyl (C=O) groups excluding carboxylic acids is 1. The minimum Gasteiger partial charge on any atom is -0.376 e. The van der Waals surface area contributed by atoms with Crippen molar-refractivity contribution < 1.29 is 9.53 Å². The standard InChI is InChI=1S/C19H30ClNO2/c1-4-14(2)17(15(3)20)10-12-23-19-8-6-5-7-18(19)21-11-9-16(22)13-21/h4,18-19H,5-13H2,1-3H3/b14-4-,17-15+.